The highest BCUT2D eigenvalue weighted by Gasteiger charge is 2.17. The van der Waals surface area contributed by atoms with Crippen LogP contribution in [-0.4, -0.2) is 30.5 Å². The maximum atomic E-state index is 5.75. The Balaban J connectivity index is 1.77. The molecule has 1 saturated heterocycles. The molecule has 1 aliphatic heterocycles. The summed E-state index contributed by atoms with van der Waals surface area (Å²) >= 11 is 2.04. The predicted octanol–water partition coefficient (Wildman–Crippen LogP) is 2.27. The van der Waals surface area contributed by atoms with Gasteiger partial charge in [-0.15, -0.1) is 0 Å². The Kier molecular flexibility index (Phi) is 4.71. The molecule has 0 spiro atoms. The van der Waals surface area contributed by atoms with E-state index in [0.29, 0.717) is 0 Å². The van der Waals surface area contributed by atoms with Crippen LogP contribution in [-0.2, 0) is 5.75 Å². The monoisotopic (exact) mass is 252 g/mol. The number of nitrogens with two attached hydrogens (primary N) is 1. The van der Waals surface area contributed by atoms with Crippen LogP contribution in [0.3, 0.4) is 0 Å². The van der Waals surface area contributed by atoms with Crippen LogP contribution in [0.2, 0.25) is 0 Å². The Hall–Kier alpha value is -0.710. The van der Waals surface area contributed by atoms with Gasteiger partial charge in [0.25, 0.3) is 0 Å². The molecule has 0 saturated carbocycles. The van der Waals surface area contributed by atoms with E-state index in [-0.39, 0.29) is 0 Å². The van der Waals surface area contributed by atoms with Crippen molar-refractivity contribution >= 4 is 11.8 Å². The first-order valence-corrected chi connectivity index (χ1v) is 7.07. The van der Waals surface area contributed by atoms with Gasteiger partial charge < -0.3 is 4.74 Å². The molecule has 0 bridgehead atoms. The van der Waals surface area contributed by atoms with Crippen molar-refractivity contribution in [1.82, 2.24) is 5.01 Å². The molecule has 0 amide bonds. The van der Waals surface area contributed by atoms with Crippen LogP contribution in [0.1, 0.15) is 18.4 Å². The molecule has 0 aromatic heterocycles. The molecule has 4 heteroatoms. The summed E-state index contributed by atoms with van der Waals surface area (Å²) in [6.07, 6.45) is 2.41. The van der Waals surface area contributed by atoms with E-state index >= 15 is 0 Å². The number of hydrogen-bond donors (Lipinski definition) is 1. The van der Waals surface area contributed by atoms with Crippen molar-refractivity contribution in [3.63, 3.8) is 0 Å². The second kappa shape index (κ2) is 6.28. The van der Waals surface area contributed by atoms with Crippen molar-refractivity contribution in [3.8, 4) is 5.75 Å². The van der Waals surface area contributed by atoms with Crippen LogP contribution >= 0.6 is 11.8 Å². The minimum absolute atomic E-state index is 0.761. The van der Waals surface area contributed by atoms with Gasteiger partial charge in [-0.1, -0.05) is 12.1 Å². The molecular weight excluding hydrogens is 232 g/mol. The highest BCUT2D eigenvalue weighted by atomic mass is 32.2. The molecule has 1 fully saturated rings. The summed E-state index contributed by atoms with van der Waals surface area (Å²) in [5, 5.41) is 2.68. The van der Waals surface area contributed by atoms with Crippen molar-refractivity contribution in [3.05, 3.63) is 29.8 Å². The number of methoxy groups -OCH3 is 1. The fourth-order valence-electron chi connectivity index (χ4n) is 1.98. The molecular formula is C13H20N2OS. The van der Waals surface area contributed by atoms with Crippen molar-refractivity contribution in [2.75, 3.05) is 20.2 Å². The van der Waals surface area contributed by atoms with Gasteiger partial charge in [-0.05, 0) is 30.5 Å². The maximum Gasteiger partial charge on any atom is 0.118 e. The van der Waals surface area contributed by atoms with E-state index in [2.05, 4.69) is 12.1 Å². The number of nitrogens with zero attached hydrogens (tertiary/aromatic N) is 1. The van der Waals surface area contributed by atoms with Gasteiger partial charge in [0.2, 0.25) is 0 Å². The van der Waals surface area contributed by atoms with Gasteiger partial charge in [-0.25, -0.2) is 5.01 Å². The first-order valence-electron chi connectivity index (χ1n) is 6.02. The van der Waals surface area contributed by atoms with Crippen LogP contribution in [0, 0.1) is 0 Å². The summed E-state index contributed by atoms with van der Waals surface area (Å²) in [5.41, 5.74) is 1.37. The molecule has 94 valence electrons. The second-order valence-corrected chi connectivity index (χ2v) is 5.68. The molecule has 0 aliphatic carbocycles. The standard InChI is InChI=1S/C13H20N2OS/c1-16-12-4-2-11(3-5-12)10-17-13-6-8-15(14)9-7-13/h2-5,13H,6-10,14H2,1H3. The third-order valence-electron chi connectivity index (χ3n) is 3.12. The van der Waals surface area contributed by atoms with E-state index in [1.165, 1.54) is 18.4 Å². The number of piperidine rings is 1. The van der Waals surface area contributed by atoms with Gasteiger partial charge >= 0.3 is 0 Å². The van der Waals surface area contributed by atoms with Gasteiger partial charge in [0.1, 0.15) is 5.75 Å². The number of rotatable bonds is 4. The van der Waals surface area contributed by atoms with Crippen molar-refractivity contribution in [2.24, 2.45) is 5.84 Å². The number of ether oxygens (including phenoxy) is 1. The van der Waals surface area contributed by atoms with E-state index in [9.17, 15) is 0 Å². The van der Waals surface area contributed by atoms with Gasteiger partial charge in [0.15, 0.2) is 0 Å². The Morgan fingerprint density at radius 2 is 1.94 bits per heavy atom. The van der Waals surface area contributed by atoms with E-state index in [4.69, 9.17) is 10.6 Å². The molecule has 2 N–H and O–H groups in total. The fourth-order valence-corrected chi connectivity index (χ4v) is 3.14. The number of thioether (sulfide) groups is 1. The van der Waals surface area contributed by atoms with Crippen LogP contribution in [0.25, 0.3) is 0 Å². The third kappa shape index (κ3) is 3.91. The average Bonchev–Trinajstić information content (AvgIpc) is 2.39. The molecule has 2 rings (SSSR count). The summed E-state index contributed by atoms with van der Waals surface area (Å²) in [4.78, 5) is 0. The van der Waals surface area contributed by atoms with Crippen molar-refractivity contribution in [1.29, 1.82) is 0 Å². The Bertz CT molecular complexity index is 334. The average molecular weight is 252 g/mol. The zero-order valence-corrected chi connectivity index (χ0v) is 11.1. The van der Waals surface area contributed by atoms with Gasteiger partial charge in [-0.2, -0.15) is 11.8 Å². The lowest BCUT2D eigenvalue weighted by Gasteiger charge is -2.28. The van der Waals surface area contributed by atoms with E-state index in [1.54, 1.807) is 7.11 Å². The lowest BCUT2D eigenvalue weighted by Crippen LogP contribution is -2.39. The smallest absolute Gasteiger partial charge is 0.118 e. The normalized spacial score (nSPS) is 18.2. The highest BCUT2D eigenvalue weighted by Crippen LogP contribution is 2.26. The van der Waals surface area contributed by atoms with Gasteiger partial charge in [0.05, 0.1) is 7.11 Å². The zero-order valence-electron chi connectivity index (χ0n) is 10.3. The molecule has 0 unspecified atom stereocenters. The lowest BCUT2D eigenvalue weighted by molar-refractivity contribution is 0.239. The van der Waals surface area contributed by atoms with Crippen LogP contribution < -0.4 is 10.6 Å². The van der Waals surface area contributed by atoms with Gasteiger partial charge in [-0.3, -0.25) is 5.84 Å². The van der Waals surface area contributed by atoms with E-state index in [1.807, 2.05) is 28.9 Å². The third-order valence-corrected chi connectivity index (χ3v) is 4.56. The predicted molar refractivity (Wildman–Crippen MR) is 73.1 cm³/mol. The quantitative estimate of drug-likeness (QED) is 0.834. The summed E-state index contributed by atoms with van der Waals surface area (Å²) in [7, 11) is 1.70. The van der Waals surface area contributed by atoms with Crippen LogP contribution in [0.15, 0.2) is 24.3 Å². The molecule has 0 atom stereocenters. The zero-order chi connectivity index (χ0) is 12.1. The topological polar surface area (TPSA) is 38.5 Å². The molecule has 3 nitrogen and oxygen atoms in total. The van der Waals surface area contributed by atoms with Gasteiger partial charge in [0, 0.05) is 24.1 Å². The summed E-state index contributed by atoms with van der Waals surface area (Å²) in [6.45, 7) is 2.06. The van der Waals surface area contributed by atoms with E-state index < -0.39 is 0 Å². The maximum absolute atomic E-state index is 5.75. The molecule has 1 aromatic rings. The van der Waals surface area contributed by atoms with Crippen LogP contribution in [0.4, 0.5) is 0 Å². The van der Waals surface area contributed by atoms with Crippen molar-refractivity contribution in [2.45, 2.75) is 23.8 Å². The highest BCUT2D eigenvalue weighted by molar-refractivity contribution is 7.99. The largest absolute Gasteiger partial charge is 0.497 e. The minimum Gasteiger partial charge on any atom is -0.497 e. The number of hydrazine groups is 1. The fraction of sp³-hybridized carbons (Fsp3) is 0.538. The van der Waals surface area contributed by atoms with Crippen LogP contribution in [0.5, 0.6) is 5.75 Å². The number of hydrogen-bond acceptors (Lipinski definition) is 4. The summed E-state index contributed by atoms with van der Waals surface area (Å²) in [5.74, 6) is 7.76. The Morgan fingerprint density at radius 3 is 2.53 bits per heavy atom. The Morgan fingerprint density at radius 1 is 1.29 bits per heavy atom. The molecule has 17 heavy (non-hydrogen) atoms. The SMILES string of the molecule is COc1ccc(CSC2CCN(N)CC2)cc1. The second-order valence-electron chi connectivity index (χ2n) is 4.39. The molecule has 1 heterocycles. The molecule has 1 aliphatic rings. The minimum atomic E-state index is 0.761. The first kappa shape index (κ1) is 12.7. The number of benzene rings is 1. The molecule has 1 aromatic carbocycles. The van der Waals surface area contributed by atoms with E-state index in [0.717, 1.165) is 29.8 Å². The summed E-state index contributed by atoms with van der Waals surface area (Å²) in [6, 6.07) is 8.34. The Labute approximate surface area is 107 Å². The molecule has 0 radical (unpaired) electrons. The van der Waals surface area contributed by atoms with Crippen molar-refractivity contribution < 1.29 is 4.74 Å². The first-order chi connectivity index (χ1) is 8.28. The summed E-state index contributed by atoms with van der Waals surface area (Å²) < 4.78 is 5.15. The lowest BCUT2D eigenvalue weighted by atomic mass is 10.1.